The summed E-state index contributed by atoms with van der Waals surface area (Å²) >= 11 is 0. The van der Waals surface area contributed by atoms with Crippen LogP contribution < -0.4 is 0 Å². The Labute approximate surface area is 83.6 Å². The van der Waals surface area contributed by atoms with Crippen molar-refractivity contribution in [2.45, 2.75) is 32.6 Å². The maximum atomic E-state index is 4.35. The molecular weight excluding hydrogens is 174 g/mol. The summed E-state index contributed by atoms with van der Waals surface area (Å²) in [5, 5.41) is 7.32. The molecule has 1 N–H and O–H groups in total. The van der Waals surface area contributed by atoms with Crippen molar-refractivity contribution in [2.24, 2.45) is 0 Å². The Morgan fingerprint density at radius 1 is 1.50 bits per heavy atom. The molecule has 1 unspecified atom stereocenters. The number of hydrogen-bond acceptors (Lipinski definition) is 2. The van der Waals surface area contributed by atoms with Crippen LogP contribution in [0.4, 0.5) is 0 Å². The minimum absolute atomic E-state index is 0.514. The molecule has 0 aliphatic carbocycles. The van der Waals surface area contributed by atoms with Crippen LogP contribution in [0.25, 0.3) is 11.0 Å². The Hall–Kier alpha value is -1.38. The topological polar surface area (TPSA) is 41.6 Å². The molecule has 0 amide bonds. The average molecular weight is 189 g/mol. The summed E-state index contributed by atoms with van der Waals surface area (Å²) in [6.45, 7) is 4.41. The maximum Gasteiger partial charge on any atom is 0.111 e. The van der Waals surface area contributed by atoms with E-state index in [0.717, 1.165) is 11.0 Å². The van der Waals surface area contributed by atoms with Gasteiger partial charge < -0.3 is 0 Å². The fraction of sp³-hybridized carbons (Fsp3) is 0.455. The Bertz CT molecular complexity index is 419. The van der Waals surface area contributed by atoms with Gasteiger partial charge in [0.2, 0.25) is 0 Å². The summed E-state index contributed by atoms with van der Waals surface area (Å²) in [7, 11) is 0. The molecule has 2 heterocycles. The third-order valence-electron chi connectivity index (χ3n) is 2.55. The lowest BCUT2D eigenvalue weighted by Crippen LogP contribution is -1.94. The highest BCUT2D eigenvalue weighted by Gasteiger charge is 2.11. The minimum atomic E-state index is 0.514. The molecule has 2 aromatic rings. The van der Waals surface area contributed by atoms with E-state index >= 15 is 0 Å². The molecule has 3 heteroatoms. The zero-order valence-electron chi connectivity index (χ0n) is 8.62. The summed E-state index contributed by atoms with van der Waals surface area (Å²) in [5.74, 6) is 0.514. The van der Waals surface area contributed by atoms with Crippen LogP contribution in [0.3, 0.4) is 0 Å². The van der Waals surface area contributed by atoms with Crippen LogP contribution >= 0.6 is 0 Å². The number of hydrogen-bond donors (Lipinski definition) is 1. The molecule has 74 valence electrons. The van der Waals surface area contributed by atoms with E-state index in [1.54, 1.807) is 0 Å². The van der Waals surface area contributed by atoms with Gasteiger partial charge in [0.1, 0.15) is 11.0 Å². The molecule has 0 aliphatic rings. The zero-order valence-corrected chi connectivity index (χ0v) is 8.62. The van der Waals surface area contributed by atoms with Crippen molar-refractivity contribution < 1.29 is 0 Å². The number of nitrogens with zero attached hydrogens (tertiary/aromatic N) is 2. The average Bonchev–Trinajstić information content (AvgIpc) is 2.61. The van der Waals surface area contributed by atoms with Gasteiger partial charge >= 0.3 is 0 Å². The molecule has 0 fully saturated rings. The monoisotopic (exact) mass is 189 g/mol. The van der Waals surface area contributed by atoms with Crippen LogP contribution in [0.5, 0.6) is 0 Å². The van der Waals surface area contributed by atoms with Crippen LogP contribution in [0, 0.1) is 0 Å². The summed E-state index contributed by atoms with van der Waals surface area (Å²) in [6.07, 6.45) is 4.18. The molecule has 0 saturated heterocycles. The second-order valence-electron chi connectivity index (χ2n) is 3.70. The van der Waals surface area contributed by atoms with Crippen LogP contribution in [-0.4, -0.2) is 15.2 Å². The van der Waals surface area contributed by atoms with E-state index in [1.807, 2.05) is 18.3 Å². The number of aromatic nitrogens is 3. The highest BCUT2D eigenvalue weighted by Crippen LogP contribution is 2.24. The number of H-pyrrole nitrogens is 1. The number of pyridine rings is 1. The molecule has 0 radical (unpaired) electrons. The first-order valence-corrected chi connectivity index (χ1v) is 5.12. The van der Waals surface area contributed by atoms with Crippen molar-refractivity contribution in [3.05, 3.63) is 24.0 Å². The normalized spacial score (nSPS) is 13.3. The highest BCUT2D eigenvalue weighted by molar-refractivity contribution is 5.76. The first-order valence-electron chi connectivity index (χ1n) is 5.12. The zero-order chi connectivity index (χ0) is 9.97. The molecule has 2 rings (SSSR count). The highest BCUT2D eigenvalue weighted by atomic mass is 15.1. The standard InChI is InChI=1S/C11H15N3/c1-3-5-8(2)10-11-9(13-14-10)6-4-7-12-11/h4,6-8H,3,5H2,1-2H3,(H,13,14). The van der Waals surface area contributed by atoms with Crippen LogP contribution in [-0.2, 0) is 0 Å². The van der Waals surface area contributed by atoms with Gasteiger partial charge in [-0.3, -0.25) is 10.1 Å². The van der Waals surface area contributed by atoms with Crippen molar-refractivity contribution in [3.8, 4) is 0 Å². The van der Waals surface area contributed by atoms with Crippen LogP contribution in [0.2, 0.25) is 0 Å². The van der Waals surface area contributed by atoms with Gasteiger partial charge in [0.15, 0.2) is 0 Å². The van der Waals surface area contributed by atoms with E-state index in [4.69, 9.17) is 0 Å². The van der Waals surface area contributed by atoms with Crippen molar-refractivity contribution in [2.75, 3.05) is 0 Å². The molecule has 0 spiro atoms. The predicted molar refractivity (Wildman–Crippen MR) is 57.2 cm³/mol. The third-order valence-corrected chi connectivity index (χ3v) is 2.55. The maximum absolute atomic E-state index is 4.35. The number of fused-ring (bicyclic) bond motifs is 1. The van der Waals surface area contributed by atoms with Crippen molar-refractivity contribution in [1.82, 2.24) is 15.2 Å². The minimum Gasteiger partial charge on any atom is -0.279 e. The molecule has 0 aliphatic heterocycles. The molecule has 0 bridgehead atoms. The SMILES string of the molecule is CCCC(C)c1[nH]nc2cccnc12. The fourth-order valence-corrected chi connectivity index (χ4v) is 1.79. The first-order chi connectivity index (χ1) is 6.83. The Balaban J connectivity index is 2.42. The Kier molecular flexibility index (Phi) is 2.48. The van der Waals surface area contributed by atoms with Gasteiger partial charge in [-0.25, -0.2) is 0 Å². The summed E-state index contributed by atoms with van der Waals surface area (Å²) in [6, 6.07) is 3.90. The molecule has 0 saturated carbocycles. The fourth-order valence-electron chi connectivity index (χ4n) is 1.79. The summed E-state index contributed by atoms with van der Waals surface area (Å²) < 4.78 is 0. The molecule has 0 aromatic carbocycles. The predicted octanol–water partition coefficient (Wildman–Crippen LogP) is 2.86. The van der Waals surface area contributed by atoms with Gasteiger partial charge in [0, 0.05) is 6.20 Å². The Morgan fingerprint density at radius 2 is 2.36 bits per heavy atom. The van der Waals surface area contributed by atoms with E-state index in [9.17, 15) is 0 Å². The molecule has 14 heavy (non-hydrogen) atoms. The lowest BCUT2D eigenvalue weighted by molar-refractivity contribution is 0.647. The van der Waals surface area contributed by atoms with Gasteiger partial charge in [-0.05, 0) is 24.5 Å². The van der Waals surface area contributed by atoms with Crippen LogP contribution in [0.1, 0.15) is 38.3 Å². The molecule has 1 atom stereocenters. The van der Waals surface area contributed by atoms with Crippen molar-refractivity contribution >= 4 is 11.0 Å². The van der Waals surface area contributed by atoms with Gasteiger partial charge in [0.25, 0.3) is 0 Å². The van der Waals surface area contributed by atoms with Gasteiger partial charge in [-0.15, -0.1) is 0 Å². The van der Waals surface area contributed by atoms with Crippen molar-refractivity contribution in [3.63, 3.8) is 0 Å². The van der Waals surface area contributed by atoms with Crippen molar-refractivity contribution in [1.29, 1.82) is 0 Å². The van der Waals surface area contributed by atoms with Gasteiger partial charge in [-0.2, -0.15) is 5.10 Å². The largest absolute Gasteiger partial charge is 0.279 e. The Morgan fingerprint density at radius 3 is 3.14 bits per heavy atom. The smallest absolute Gasteiger partial charge is 0.111 e. The van der Waals surface area contributed by atoms with E-state index in [1.165, 1.54) is 18.5 Å². The molecular formula is C11H15N3. The summed E-state index contributed by atoms with van der Waals surface area (Å²) in [5.41, 5.74) is 3.15. The third kappa shape index (κ3) is 1.50. The van der Waals surface area contributed by atoms with E-state index in [0.29, 0.717) is 5.92 Å². The molecule has 3 nitrogen and oxygen atoms in total. The first kappa shape index (κ1) is 9.19. The van der Waals surface area contributed by atoms with Crippen LogP contribution in [0.15, 0.2) is 18.3 Å². The summed E-state index contributed by atoms with van der Waals surface area (Å²) in [4.78, 5) is 4.35. The van der Waals surface area contributed by atoms with E-state index in [2.05, 4.69) is 29.0 Å². The second kappa shape index (κ2) is 3.78. The second-order valence-corrected chi connectivity index (χ2v) is 3.70. The number of nitrogens with one attached hydrogen (secondary N) is 1. The quantitative estimate of drug-likeness (QED) is 0.806. The van der Waals surface area contributed by atoms with Gasteiger partial charge in [-0.1, -0.05) is 20.3 Å². The van der Waals surface area contributed by atoms with E-state index in [-0.39, 0.29) is 0 Å². The number of rotatable bonds is 3. The van der Waals surface area contributed by atoms with Gasteiger partial charge in [0.05, 0.1) is 5.69 Å². The lowest BCUT2D eigenvalue weighted by atomic mass is 10.0. The van der Waals surface area contributed by atoms with E-state index < -0.39 is 0 Å². The lowest BCUT2D eigenvalue weighted by Gasteiger charge is -2.06. The number of aromatic amines is 1. The molecule has 2 aromatic heterocycles.